The summed E-state index contributed by atoms with van der Waals surface area (Å²) in [5, 5.41) is 6.89. The fourth-order valence-corrected chi connectivity index (χ4v) is 10.8. The number of benzene rings is 6. The van der Waals surface area contributed by atoms with Crippen molar-refractivity contribution in [2.24, 2.45) is 0 Å². The van der Waals surface area contributed by atoms with E-state index in [4.69, 9.17) is 44.1 Å². The molecule has 6 aromatic carbocycles. The third-order valence-electron chi connectivity index (χ3n) is 12.2. The van der Waals surface area contributed by atoms with Crippen molar-refractivity contribution < 1.29 is 37.7 Å². The largest absolute Gasteiger partial charge is 0.505 e. The Balaban J connectivity index is 0.000000209. The average Bonchev–Trinajstić information content (AvgIpc) is 3.59. The van der Waals surface area contributed by atoms with Gasteiger partial charge in [-0.15, -0.1) is 4.52 Å². The zero-order chi connectivity index (χ0) is 51.1. The Hall–Kier alpha value is -5.59. The van der Waals surface area contributed by atoms with Crippen LogP contribution in [-0.4, -0.2) is 54.9 Å². The van der Waals surface area contributed by atoms with Gasteiger partial charge in [0.2, 0.25) is 0 Å². The number of nitrogens with one attached hydrogen (secondary N) is 2. The molecule has 0 bridgehead atoms. The number of amides is 4. The van der Waals surface area contributed by atoms with Crippen molar-refractivity contribution in [1.29, 1.82) is 0 Å². The smallest absolute Gasteiger partial charge is 0.345 e. The van der Waals surface area contributed by atoms with Gasteiger partial charge in [-0.1, -0.05) is 59.6 Å². The molecule has 4 amide bonds. The second-order valence-electron chi connectivity index (χ2n) is 17.6. The summed E-state index contributed by atoms with van der Waals surface area (Å²) < 4.78 is 23.3. The molecule has 0 saturated heterocycles. The lowest BCUT2D eigenvalue weighted by atomic mass is 10.0. The first-order valence-electron chi connectivity index (χ1n) is 23.0. The molecule has 2 aliphatic rings. The number of aryl methyl sites for hydroxylation is 4. The van der Waals surface area contributed by atoms with Crippen molar-refractivity contribution in [3.63, 3.8) is 0 Å². The molecule has 368 valence electrons. The fourth-order valence-electron chi connectivity index (χ4n) is 8.84. The Kier molecular flexibility index (Phi) is 17.5. The summed E-state index contributed by atoms with van der Waals surface area (Å²) in [6.45, 7) is 8.58. The predicted molar refractivity (Wildman–Crippen MR) is 289 cm³/mol. The van der Waals surface area contributed by atoms with Crippen LogP contribution in [0.5, 0.6) is 0 Å². The Morgan fingerprint density at radius 3 is 1.45 bits per heavy atom. The van der Waals surface area contributed by atoms with Gasteiger partial charge in [-0.3, -0.25) is 19.2 Å². The van der Waals surface area contributed by atoms with Crippen LogP contribution in [0.3, 0.4) is 0 Å². The monoisotopic (exact) mass is 1050 g/mol. The third-order valence-corrected chi connectivity index (χ3v) is 14.2. The van der Waals surface area contributed by atoms with Gasteiger partial charge < -0.3 is 29.9 Å². The van der Waals surface area contributed by atoms with Crippen LogP contribution < -0.4 is 20.4 Å². The van der Waals surface area contributed by atoms with Gasteiger partial charge in [0.15, 0.2) is 13.2 Å². The maximum absolute atomic E-state index is 13.7. The molecule has 0 aliphatic carbocycles. The summed E-state index contributed by atoms with van der Waals surface area (Å²) in [5.41, 5.74) is 9.69. The normalized spacial score (nSPS) is 16.4. The maximum Gasteiger partial charge on any atom is 0.505 e. The van der Waals surface area contributed by atoms with E-state index in [-0.39, 0.29) is 23.6 Å². The van der Waals surface area contributed by atoms with E-state index >= 15 is 0 Å². The van der Waals surface area contributed by atoms with Crippen LogP contribution in [0.25, 0.3) is 0 Å². The Morgan fingerprint density at radius 2 is 1.04 bits per heavy atom. The summed E-state index contributed by atoms with van der Waals surface area (Å²) in [5.74, 6) is -0.700. The van der Waals surface area contributed by atoms with E-state index in [0.717, 1.165) is 33.4 Å². The highest BCUT2D eigenvalue weighted by Gasteiger charge is 2.33. The van der Waals surface area contributed by atoms with Crippen LogP contribution in [0.2, 0.25) is 10.0 Å². The molecule has 4 atom stereocenters. The average molecular weight is 1050 g/mol. The molecule has 0 fully saturated rings. The molecule has 0 spiro atoms. The minimum absolute atomic E-state index is 0.149. The molecule has 6 aromatic rings. The Bertz CT molecular complexity index is 3090. The topological polar surface area (TPSA) is 155 Å². The number of carbonyl (C=O) groups excluding carboxylic acids is 4. The predicted octanol–water partition coefficient (Wildman–Crippen LogP) is 13.7. The van der Waals surface area contributed by atoms with Crippen LogP contribution in [0, 0.1) is 27.7 Å². The molecule has 12 nitrogen and oxygen atoms in total. The number of rotatable bonds is 10. The number of nitrogens with zero attached hydrogens (tertiary/aromatic N) is 2. The van der Waals surface area contributed by atoms with E-state index in [2.05, 4.69) is 10.6 Å². The van der Waals surface area contributed by atoms with Gasteiger partial charge in [0.25, 0.3) is 23.6 Å². The molecular formula is C54H55Cl2N4O8P2S+. The summed E-state index contributed by atoms with van der Waals surface area (Å²) in [4.78, 5) is 66.4. The molecule has 2 aliphatic heterocycles. The molecular weight excluding hydrogens is 998 g/mol. The number of anilines is 4. The molecule has 3 N–H and O–H groups in total. The SMILES string of the molecule is Cc1ccccc1C(=O)Nc1ccc(C(=O)N2CCCC(OP(C)(O)=S)c3cc(Cl)ccc32)c(C)c1.Cc1ccccc1C(=O)Nc1ccc(C(=O)N2CCCC(O[P+](C)=O)c3cc(Cl)ccc32)c(C)c1. The highest BCUT2D eigenvalue weighted by Crippen LogP contribution is 2.48. The van der Waals surface area contributed by atoms with Crippen LogP contribution in [-0.2, 0) is 25.4 Å². The lowest BCUT2D eigenvalue weighted by Gasteiger charge is -2.26. The molecule has 0 radical (unpaired) electrons. The second-order valence-corrected chi connectivity index (χ2v) is 23.4. The Labute approximate surface area is 430 Å². The molecule has 4 unspecified atom stereocenters. The first-order chi connectivity index (χ1) is 33.8. The molecule has 17 heteroatoms. The van der Waals surface area contributed by atoms with Gasteiger partial charge in [0.05, 0.1) is 11.8 Å². The summed E-state index contributed by atoms with van der Waals surface area (Å²) in [7, 11) is -1.81. The van der Waals surface area contributed by atoms with E-state index in [1.807, 2.05) is 70.2 Å². The zero-order valence-electron chi connectivity index (χ0n) is 40.2. The van der Waals surface area contributed by atoms with Crippen molar-refractivity contribution in [3.05, 3.63) is 187 Å². The van der Waals surface area contributed by atoms with Crippen molar-refractivity contribution in [3.8, 4) is 0 Å². The first kappa shape index (κ1) is 53.2. The van der Waals surface area contributed by atoms with Crippen molar-refractivity contribution in [2.45, 2.75) is 65.6 Å². The molecule has 0 aromatic heterocycles. The molecule has 0 saturated carbocycles. The number of halogens is 2. The van der Waals surface area contributed by atoms with Crippen LogP contribution in [0.1, 0.15) is 113 Å². The standard InChI is InChI=1S/C27H28ClN2O4PS.C27H26ClN2O4P/c1-17-7-4-5-8-21(17)26(31)29-20-11-12-22(18(2)15-20)27(32)30-14-6-9-25(34-35(3,33)36)23-16-19(28)10-13-24(23)30;1-17-7-4-5-8-21(17)26(31)29-20-11-12-22(18(2)15-20)27(32)30-14-6-9-25(34-35(3)33)23-16-19(28)10-13-24(23)30/h4-5,7-8,10-13,15-16,25H,6,9,14H2,1-3H3,(H,29,31)(H,33,36);4-5,7-8,10-13,15-16,25H,6,9,14H2,1-3H3/p+1. The van der Waals surface area contributed by atoms with Gasteiger partial charge in [0.1, 0.15) is 6.10 Å². The second kappa shape index (κ2) is 23.3. The minimum Gasteiger partial charge on any atom is -0.345 e. The summed E-state index contributed by atoms with van der Waals surface area (Å²) in [6.07, 6.45) is 1.76. The summed E-state index contributed by atoms with van der Waals surface area (Å²) >= 11 is 17.7. The highest BCUT2D eigenvalue weighted by atomic mass is 35.5. The molecule has 8 rings (SSSR count). The van der Waals surface area contributed by atoms with E-state index < -0.39 is 26.7 Å². The van der Waals surface area contributed by atoms with E-state index in [9.17, 15) is 28.6 Å². The summed E-state index contributed by atoms with van der Waals surface area (Å²) in [6, 6.07) is 36.0. The third kappa shape index (κ3) is 13.3. The number of hydrogen-bond donors (Lipinski definition) is 3. The quantitative estimate of drug-likeness (QED) is 0.114. The van der Waals surface area contributed by atoms with Gasteiger partial charge in [-0.25, -0.2) is 0 Å². The molecule has 2 heterocycles. The van der Waals surface area contributed by atoms with E-state index in [1.54, 1.807) is 88.7 Å². The minimum atomic E-state index is -2.92. The maximum atomic E-state index is 13.7. The van der Waals surface area contributed by atoms with Crippen LogP contribution in [0.15, 0.2) is 121 Å². The Morgan fingerprint density at radius 1 is 0.620 bits per heavy atom. The lowest BCUT2D eigenvalue weighted by Crippen LogP contribution is -2.32. The van der Waals surface area contributed by atoms with E-state index in [1.165, 1.54) is 13.3 Å². The van der Waals surface area contributed by atoms with Gasteiger partial charge in [-0.05, 0) is 177 Å². The zero-order valence-corrected chi connectivity index (χ0v) is 44.3. The van der Waals surface area contributed by atoms with Gasteiger partial charge in [-0.2, -0.15) is 0 Å². The first-order valence-corrected chi connectivity index (χ1v) is 28.5. The van der Waals surface area contributed by atoms with Crippen molar-refractivity contribution >= 4 is 95.9 Å². The fraction of sp³-hybridized carbons (Fsp3) is 0.259. The lowest BCUT2D eigenvalue weighted by molar-refractivity contribution is 0.0978. The van der Waals surface area contributed by atoms with Gasteiger partial charge in [0, 0.05) is 80.2 Å². The van der Waals surface area contributed by atoms with Crippen LogP contribution >= 0.6 is 37.7 Å². The number of fused-ring (bicyclic) bond motifs is 2. The van der Waals surface area contributed by atoms with Gasteiger partial charge >= 0.3 is 8.03 Å². The van der Waals surface area contributed by atoms with E-state index in [0.29, 0.717) is 93.8 Å². The molecule has 71 heavy (non-hydrogen) atoms. The van der Waals surface area contributed by atoms with Crippen molar-refractivity contribution in [2.75, 3.05) is 46.9 Å². The highest BCUT2D eigenvalue weighted by molar-refractivity contribution is 8.09. The van der Waals surface area contributed by atoms with Crippen LogP contribution in [0.4, 0.5) is 22.7 Å². The number of hydrogen-bond acceptors (Lipinski definition) is 8. The number of carbonyl (C=O) groups is 4. The van der Waals surface area contributed by atoms with Crippen molar-refractivity contribution in [1.82, 2.24) is 0 Å².